The smallest absolute Gasteiger partial charge is 0.213 e. The van der Waals surface area contributed by atoms with E-state index in [1.54, 1.807) is 0 Å². The summed E-state index contributed by atoms with van der Waals surface area (Å²) in [6.45, 7) is 0. The van der Waals surface area contributed by atoms with Gasteiger partial charge in [0.2, 0.25) is 6.23 Å². The minimum atomic E-state index is -0.192. The highest BCUT2D eigenvalue weighted by molar-refractivity contribution is 6.01. The van der Waals surface area contributed by atoms with Crippen molar-refractivity contribution in [3.63, 3.8) is 0 Å². The van der Waals surface area contributed by atoms with Crippen LogP contribution in [-0.4, -0.2) is 10.7 Å². The van der Waals surface area contributed by atoms with Crippen molar-refractivity contribution in [1.82, 2.24) is 5.01 Å². The molecule has 2 atom stereocenters. The van der Waals surface area contributed by atoms with Crippen molar-refractivity contribution in [2.24, 2.45) is 5.10 Å². The zero-order valence-electron chi connectivity index (χ0n) is 13.7. The van der Waals surface area contributed by atoms with Gasteiger partial charge in [0.1, 0.15) is 5.75 Å². The second-order valence-corrected chi connectivity index (χ2v) is 6.43. The molecule has 3 aromatic rings. The molecule has 3 nitrogen and oxygen atoms in total. The van der Waals surface area contributed by atoms with Gasteiger partial charge in [-0.3, -0.25) is 0 Å². The van der Waals surface area contributed by atoms with Gasteiger partial charge in [0.15, 0.2) is 0 Å². The Morgan fingerprint density at radius 3 is 2.28 bits per heavy atom. The van der Waals surface area contributed by atoms with Gasteiger partial charge in [-0.2, -0.15) is 5.10 Å². The van der Waals surface area contributed by atoms with Crippen LogP contribution >= 0.6 is 0 Å². The van der Waals surface area contributed by atoms with Crippen LogP contribution < -0.4 is 4.74 Å². The Balaban J connectivity index is 1.61. The molecule has 0 amide bonds. The lowest BCUT2D eigenvalue weighted by atomic mass is 9.96. The third kappa shape index (κ3) is 2.40. The van der Waals surface area contributed by atoms with E-state index in [1.807, 2.05) is 30.3 Å². The van der Waals surface area contributed by atoms with Crippen molar-refractivity contribution in [1.29, 1.82) is 0 Å². The summed E-state index contributed by atoms with van der Waals surface area (Å²) in [5, 5.41) is 7.09. The number of hydrogen-bond acceptors (Lipinski definition) is 3. The third-order valence-corrected chi connectivity index (χ3v) is 4.89. The number of hydrazone groups is 1. The maximum atomic E-state index is 6.33. The summed E-state index contributed by atoms with van der Waals surface area (Å²) in [5.74, 6) is 0.960. The van der Waals surface area contributed by atoms with Gasteiger partial charge in [-0.1, -0.05) is 78.9 Å². The number of hydrogen-bond donors (Lipinski definition) is 0. The summed E-state index contributed by atoms with van der Waals surface area (Å²) in [5.41, 5.74) is 4.64. The quantitative estimate of drug-likeness (QED) is 0.667. The predicted octanol–water partition coefficient (Wildman–Crippen LogP) is 4.93. The fraction of sp³-hybridized carbons (Fsp3) is 0.136. The molecule has 2 heterocycles. The largest absolute Gasteiger partial charge is 0.464 e. The first-order chi connectivity index (χ1) is 12.4. The van der Waals surface area contributed by atoms with Crippen LogP contribution in [-0.2, 0) is 0 Å². The lowest BCUT2D eigenvalue weighted by Gasteiger charge is -2.38. The molecule has 0 aromatic heterocycles. The van der Waals surface area contributed by atoms with Gasteiger partial charge in [0, 0.05) is 17.5 Å². The first-order valence-corrected chi connectivity index (χ1v) is 8.62. The number of benzene rings is 3. The van der Waals surface area contributed by atoms with E-state index in [4.69, 9.17) is 9.84 Å². The summed E-state index contributed by atoms with van der Waals surface area (Å²) in [6, 6.07) is 29.3. The maximum Gasteiger partial charge on any atom is 0.213 e. The molecule has 0 saturated carbocycles. The number of fused-ring (bicyclic) bond motifs is 3. The lowest BCUT2D eigenvalue weighted by molar-refractivity contribution is -0.0190. The SMILES string of the molecule is c1ccc(C2=NN3[C@@H](C2)c2ccccc2O[C@H]3c2ccccc2)cc1. The van der Waals surface area contributed by atoms with Gasteiger partial charge in [0.05, 0.1) is 11.8 Å². The van der Waals surface area contributed by atoms with E-state index in [0.717, 1.165) is 23.4 Å². The predicted molar refractivity (Wildman–Crippen MR) is 98.4 cm³/mol. The van der Waals surface area contributed by atoms with Crippen LogP contribution in [0, 0.1) is 0 Å². The standard InChI is InChI=1S/C22H18N2O/c1-3-9-16(10-4-1)19-15-20-18-13-7-8-14-21(18)25-22(24(20)23-19)17-11-5-2-6-12-17/h1-14,20,22H,15H2/t20-,22-/m0/s1. The van der Waals surface area contributed by atoms with Crippen LogP contribution in [0.15, 0.2) is 90.0 Å². The van der Waals surface area contributed by atoms with Crippen molar-refractivity contribution in [2.45, 2.75) is 18.7 Å². The molecule has 0 fully saturated rings. The third-order valence-electron chi connectivity index (χ3n) is 4.89. The molecule has 2 aliphatic rings. The van der Waals surface area contributed by atoms with E-state index >= 15 is 0 Å². The van der Waals surface area contributed by atoms with Gasteiger partial charge in [0.25, 0.3) is 0 Å². The van der Waals surface area contributed by atoms with Gasteiger partial charge < -0.3 is 4.74 Å². The molecular weight excluding hydrogens is 308 g/mol. The highest BCUT2D eigenvalue weighted by atomic mass is 16.5. The Bertz CT molecular complexity index is 921. The minimum Gasteiger partial charge on any atom is -0.464 e. The summed E-state index contributed by atoms with van der Waals surface area (Å²) in [7, 11) is 0. The number of para-hydroxylation sites is 1. The van der Waals surface area contributed by atoms with E-state index in [2.05, 4.69) is 59.6 Å². The van der Waals surface area contributed by atoms with Crippen molar-refractivity contribution >= 4 is 5.71 Å². The van der Waals surface area contributed by atoms with Crippen LogP contribution in [0.4, 0.5) is 0 Å². The molecule has 0 radical (unpaired) electrons. The molecule has 2 aliphatic heterocycles. The summed E-state index contributed by atoms with van der Waals surface area (Å²) in [6.07, 6.45) is 0.704. The molecule has 5 rings (SSSR count). The van der Waals surface area contributed by atoms with Crippen LogP contribution in [0.1, 0.15) is 35.4 Å². The molecule has 25 heavy (non-hydrogen) atoms. The summed E-state index contributed by atoms with van der Waals surface area (Å²) in [4.78, 5) is 0. The van der Waals surface area contributed by atoms with Crippen molar-refractivity contribution in [3.8, 4) is 5.75 Å². The fourth-order valence-corrected chi connectivity index (χ4v) is 3.68. The van der Waals surface area contributed by atoms with Gasteiger partial charge in [-0.15, -0.1) is 0 Å². The Kier molecular flexibility index (Phi) is 3.30. The zero-order valence-corrected chi connectivity index (χ0v) is 13.7. The van der Waals surface area contributed by atoms with Gasteiger partial charge >= 0.3 is 0 Å². The van der Waals surface area contributed by atoms with Crippen molar-refractivity contribution in [3.05, 3.63) is 102 Å². The molecule has 0 saturated heterocycles. The van der Waals surface area contributed by atoms with E-state index in [0.29, 0.717) is 0 Å². The van der Waals surface area contributed by atoms with E-state index in [-0.39, 0.29) is 12.3 Å². The minimum absolute atomic E-state index is 0.192. The molecular formula is C22H18N2O. The number of ether oxygens (including phenoxy) is 1. The average molecular weight is 326 g/mol. The Morgan fingerprint density at radius 2 is 1.48 bits per heavy atom. The molecule has 3 heteroatoms. The monoisotopic (exact) mass is 326 g/mol. The average Bonchev–Trinajstić information content (AvgIpc) is 3.14. The summed E-state index contributed by atoms with van der Waals surface area (Å²) >= 11 is 0. The number of rotatable bonds is 2. The van der Waals surface area contributed by atoms with E-state index < -0.39 is 0 Å². The molecule has 0 spiro atoms. The first kappa shape index (κ1) is 14.3. The van der Waals surface area contributed by atoms with E-state index in [9.17, 15) is 0 Å². The molecule has 0 bridgehead atoms. The van der Waals surface area contributed by atoms with Crippen molar-refractivity contribution in [2.75, 3.05) is 0 Å². The molecule has 3 aromatic carbocycles. The Labute approximate surface area is 147 Å². The number of nitrogens with zero attached hydrogens (tertiary/aromatic N) is 2. The maximum absolute atomic E-state index is 6.33. The van der Waals surface area contributed by atoms with E-state index in [1.165, 1.54) is 11.1 Å². The highest BCUT2D eigenvalue weighted by Crippen LogP contribution is 2.47. The first-order valence-electron chi connectivity index (χ1n) is 8.62. The lowest BCUT2D eigenvalue weighted by Crippen LogP contribution is -2.33. The molecule has 0 aliphatic carbocycles. The van der Waals surface area contributed by atoms with Crippen LogP contribution in [0.5, 0.6) is 5.75 Å². The van der Waals surface area contributed by atoms with Crippen LogP contribution in [0.25, 0.3) is 0 Å². The van der Waals surface area contributed by atoms with Crippen LogP contribution in [0.3, 0.4) is 0 Å². The van der Waals surface area contributed by atoms with Gasteiger partial charge in [-0.25, -0.2) is 5.01 Å². The second kappa shape index (κ2) is 5.78. The highest BCUT2D eigenvalue weighted by Gasteiger charge is 2.40. The summed E-state index contributed by atoms with van der Waals surface area (Å²) < 4.78 is 6.33. The fourth-order valence-electron chi connectivity index (χ4n) is 3.68. The van der Waals surface area contributed by atoms with Gasteiger partial charge in [-0.05, 0) is 11.6 Å². The zero-order chi connectivity index (χ0) is 16.6. The molecule has 0 unspecified atom stereocenters. The Hall–Kier alpha value is -3.07. The normalized spacial score (nSPS) is 21.1. The molecule has 122 valence electrons. The van der Waals surface area contributed by atoms with Crippen molar-refractivity contribution < 1.29 is 4.74 Å². The second-order valence-electron chi connectivity index (χ2n) is 6.43. The Morgan fingerprint density at radius 1 is 0.800 bits per heavy atom. The molecule has 0 N–H and O–H groups in total. The van der Waals surface area contributed by atoms with Crippen LogP contribution in [0.2, 0.25) is 0 Å². The topological polar surface area (TPSA) is 24.8 Å².